The molecule has 0 unspecified atom stereocenters. The first-order valence-corrected chi connectivity index (χ1v) is 7.17. The zero-order valence-electron chi connectivity index (χ0n) is 11.0. The molecule has 1 aromatic carbocycles. The molecule has 0 bridgehead atoms. The molecule has 18 heavy (non-hydrogen) atoms. The highest BCUT2D eigenvalue weighted by molar-refractivity contribution is 7.89. The molecule has 0 N–H and O–H groups in total. The third-order valence-electron chi connectivity index (χ3n) is 2.62. The minimum Gasteiger partial charge on any atom is -0.495 e. The van der Waals surface area contributed by atoms with Crippen molar-refractivity contribution in [3.63, 3.8) is 0 Å². The normalized spacial score (nSPS) is 11.6. The molecule has 1 aromatic rings. The molecular weight excluding hydrogens is 250 g/mol. The first-order chi connectivity index (χ1) is 8.47. The van der Waals surface area contributed by atoms with Crippen molar-refractivity contribution in [1.82, 2.24) is 4.31 Å². The Morgan fingerprint density at radius 3 is 2.61 bits per heavy atom. The lowest BCUT2D eigenvalue weighted by Gasteiger charge is -2.20. The van der Waals surface area contributed by atoms with Crippen molar-refractivity contribution >= 4 is 10.0 Å². The number of hydrogen-bond donors (Lipinski definition) is 0. The number of likely N-dealkylation sites (N-methyl/N-ethyl adjacent to an activating group) is 1. The molecule has 0 aliphatic heterocycles. The minimum absolute atomic E-state index is 0.203. The molecule has 0 amide bonds. The molecule has 5 heteroatoms. The van der Waals surface area contributed by atoms with Gasteiger partial charge in [-0.25, -0.2) is 8.42 Å². The summed E-state index contributed by atoms with van der Waals surface area (Å²) in [5.41, 5.74) is 0.879. The van der Waals surface area contributed by atoms with Crippen molar-refractivity contribution in [2.24, 2.45) is 0 Å². The van der Waals surface area contributed by atoms with Crippen LogP contribution in [0.15, 0.2) is 35.7 Å². The van der Waals surface area contributed by atoms with Gasteiger partial charge in [0.05, 0.1) is 7.11 Å². The van der Waals surface area contributed by atoms with E-state index in [9.17, 15) is 8.42 Å². The second kappa shape index (κ2) is 6.02. The van der Waals surface area contributed by atoms with Crippen LogP contribution in [-0.2, 0) is 10.0 Å². The fourth-order valence-electron chi connectivity index (χ4n) is 1.67. The summed E-state index contributed by atoms with van der Waals surface area (Å²) in [6.07, 6.45) is 1.57. The maximum atomic E-state index is 12.5. The fraction of sp³-hybridized carbons (Fsp3) is 0.385. The third-order valence-corrected chi connectivity index (χ3v) is 4.58. The van der Waals surface area contributed by atoms with E-state index < -0.39 is 10.0 Å². The van der Waals surface area contributed by atoms with E-state index in [1.807, 2.05) is 13.0 Å². The van der Waals surface area contributed by atoms with Crippen molar-refractivity contribution in [2.75, 3.05) is 20.2 Å². The number of aryl methyl sites for hydroxylation is 1. The second-order valence-electron chi connectivity index (χ2n) is 3.90. The van der Waals surface area contributed by atoms with E-state index in [0.29, 0.717) is 12.3 Å². The molecule has 0 aliphatic carbocycles. The van der Waals surface area contributed by atoms with Gasteiger partial charge in [0.2, 0.25) is 10.0 Å². The standard InChI is InChI=1S/C13H19NO3S/c1-5-9-14(6-2)18(15,16)13-10-11(3)7-8-12(13)17-4/h5,7-8,10H,1,6,9H2,2-4H3. The van der Waals surface area contributed by atoms with Crippen molar-refractivity contribution in [1.29, 1.82) is 0 Å². The SMILES string of the molecule is C=CCN(CC)S(=O)(=O)c1cc(C)ccc1OC. The number of benzene rings is 1. The van der Waals surface area contributed by atoms with Crippen molar-refractivity contribution < 1.29 is 13.2 Å². The predicted molar refractivity (Wildman–Crippen MR) is 72.4 cm³/mol. The van der Waals surface area contributed by atoms with Crippen LogP contribution < -0.4 is 4.74 Å². The van der Waals surface area contributed by atoms with Crippen LogP contribution in [-0.4, -0.2) is 32.9 Å². The van der Waals surface area contributed by atoms with Gasteiger partial charge in [0.1, 0.15) is 10.6 Å². The van der Waals surface area contributed by atoms with E-state index in [0.717, 1.165) is 5.56 Å². The summed E-state index contributed by atoms with van der Waals surface area (Å²) < 4.78 is 31.5. The monoisotopic (exact) mass is 269 g/mol. The van der Waals surface area contributed by atoms with E-state index in [1.54, 1.807) is 25.1 Å². The van der Waals surface area contributed by atoms with Crippen LogP contribution in [0.3, 0.4) is 0 Å². The molecule has 0 radical (unpaired) electrons. The highest BCUT2D eigenvalue weighted by Crippen LogP contribution is 2.27. The van der Waals surface area contributed by atoms with Gasteiger partial charge in [0, 0.05) is 13.1 Å². The highest BCUT2D eigenvalue weighted by Gasteiger charge is 2.25. The van der Waals surface area contributed by atoms with E-state index in [4.69, 9.17) is 4.74 Å². The third kappa shape index (κ3) is 2.91. The maximum absolute atomic E-state index is 12.5. The van der Waals surface area contributed by atoms with Crippen molar-refractivity contribution in [2.45, 2.75) is 18.7 Å². The van der Waals surface area contributed by atoms with Gasteiger partial charge < -0.3 is 4.74 Å². The summed E-state index contributed by atoms with van der Waals surface area (Å²) in [5, 5.41) is 0. The fourth-order valence-corrected chi connectivity index (χ4v) is 3.33. The Labute approximate surface area is 109 Å². The van der Waals surface area contributed by atoms with Gasteiger partial charge >= 0.3 is 0 Å². The number of ether oxygens (including phenoxy) is 1. The average molecular weight is 269 g/mol. The van der Waals surface area contributed by atoms with Crippen molar-refractivity contribution in [3.05, 3.63) is 36.4 Å². The van der Waals surface area contributed by atoms with Gasteiger partial charge in [-0.1, -0.05) is 19.1 Å². The first-order valence-electron chi connectivity index (χ1n) is 5.73. The Morgan fingerprint density at radius 1 is 1.44 bits per heavy atom. The molecule has 4 nitrogen and oxygen atoms in total. The van der Waals surface area contributed by atoms with Gasteiger partial charge in [-0.3, -0.25) is 0 Å². The summed E-state index contributed by atoms with van der Waals surface area (Å²) in [6, 6.07) is 5.12. The Balaban J connectivity index is 3.34. The molecule has 0 aliphatic rings. The molecule has 0 spiro atoms. The van der Waals surface area contributed by atoms with Crippen LogP contribution in [0.4, 0.5) is 0 Å². The smallest absolute Gasteiger partial charge is 0.247 e. The zero-order chi connectivity index (χ0) is 13.8. The van der Waals surface area contributed by atoms with Crippen LogP contribution in [0.25, 0.3) is 0 Å². The van der Waals surface area contributed by atoms with Crippen molar-refractivity contribution in [3.8, 4) is 5.75 Å². The van der Waals surface area contributed by atoms with Crippen LogP contribution >= 0.6 is 0 Å². The Bertz CT molecular complexity index is 523. The number of rotatable bonds is 6. The summed E-state index contributed by atoms with van der Waals surface area (Å²) in [4.78, 5) is 0.203. The number of nitrogens with zero attached hydrogens (tertiary/aromatic N) is 1. The predicted octanol–water partition coefficient (Wildman–Crippen LogP) is 2.20. The Morgan fingerprint density at radius 2 is 2.11 bits per heavy atom. The topological polar surface area (TPSA) is 46.6 Å². The highest BCUT2D eigenvalue weighted by atomic mass is 32.2. The largest absolute Gasteiger partial charge is 0.495 e. The first kappa shape index (κ1) is 14.7. The zero-order valence-corrected chi connectivity index (χ0v) is 11.8. The van der Waals surface area contributed by atoms with Gasteiger partial charge in [0.25, 0.3) is 0 Å². The van der Waals surface area contributed by atoms with Crippen LogP contribution in [0, 0.1) is 6.92 Å². The minimum atomic E-state index is -3.54. The number of hydrogen-bond acceptors (Lipinski definition) is 3. The quantitative estimate of drug-likeness (QED) is 0.744. The molecule has 1 rings (SSSR count). The van der Waals surface area contributed by atoms with E-state index in [2.05, 4.69) is 6.58 Å². The summed E-state index contributed by atoms with van der Waals surface area (Å²) >= 11 is 0. The van der Waals surface area contributed by atoms with Crippen LogP contribution in [0.1, 0.15) is 12.5 Å². The van der Waals surface area contributed by atoms with E-state index in [-0.39, 0.29) is 11.4 Å². The average Bonchev–Trinajstić information content (AvgIpc) is 2.35. The molecule has 0 heterocycles. The van der Waals surface area contributed by atoms with E-state index in [1.165, 1.54) is 11.4 Å². The Hall–Kier alpha value is -1.33. The summed E-state index contributed by atoms with van der Waals surface area (Å²) in [7, 11) is -2.08. The van der Waals surface area contributed by atoms with E-state index >= 15 is 0 Å². The van der Waals surface area contributed by atoms with Gasteiger partial charge in [-0.05, 0) is 24.6 Å². The summed E-state index contributed by atoms with van der Waals surface area (Å²) in [5.74, 6) is 0.364. The lowest BCUT2D eigenvalue weighted by atomic mass is 10.2. The molecule has 0 atom stereocenters. The number of sulfonamides is 1. The van der Waals surface area contributed by atoms with Gasteiger partial charge in [-0.2, -0.15) is 4.31 Å². The molecule has 0 saturated heterocycles. The Kier molecular flexibility index (Phi) is 4.93. The lowest BCUT2D eigenvalue weighted by molar-refractivity contribution is 0.397. The molecular formula is C13H19NO3S. The van der Waals surface area contributed by atoms with Crippen LogP contribution in [0.2, 0.25) is 0 Å². The molecule has 0 fully saturated rings. The van der Waals surface area contributed by atoms with Gasteiger partial charge in [0.15, 0.2) is 0 Å². The molecule has 0 saturated carbocycles. The van der Waals surface area contributed by atoms with Crippen LogP contribution in [0.5, 0.6) is 5.75 Å². The second-order valence-corrected chi connectivity index (χ2v) is 5.81. The maximum Gasteiger partial charge on any atom is 0.247 e. The lowest BCUT2D eigenvalue weighted by Crippen LogP contribution is -2.31. The molecule has 0 aromatic heterocycles. The molecule has 100 valence electrons. The van der Waals surface area contributed by atoms with Gasteiger partial charge in [-0.15, -0.1) is 6.58 Å². The number of methoxy groups -OCH3 is 1. The summed E-state index contributed by atoms with van der Waals surface area (Å²) in [6.45, 7) is 7.90.